The molecule has 0 saturated carbocycles. The zero-order chi connectivity index (χ0) is 11.5. The number of hydrogen-bond donors (Lipinski definition) is 0. The second-order valence-electron chi connectivity index (χ2n) is 3.43. The van der Waals surface area contributed by atoms with Gasteiger partial charge < -0.3 is 0 Å². The number of aryl methyl sites for hydroxylation is 2. The summed E-state index contributed by atoms with van der Waals surface area (Å²) in [5.41, 5.74) is 0.836. The van der Waals surface area contributed by atoms with Gasteiger partial charge >= 0.3 is 6.18 Å². The highest BCUT2D eigenvalue weighted by Gasteiger charge is 2.31. The summed E-state index contributed by atoms with van der Waals surface area (Å²) >= 11 is 0. The molecule has 0 saturated heterocycles. The van der Waals surface area contributed by atoms with Crippen molar-refractivity contribution in [2.24, 2.45) is 0 Å². The molecule has 0 aliphatic heterocycles. The highest BCUT2D eigenvalue weighted by Crippen LogP contribution is 2.30. The fourth-order valence-electron chi connectivity index (χ4n) is 1.50. The summed E-state index contributed by atoms with van der Waals surface area (Å²) < 4.78 is 37.2. The smallest absolute Gasteiger partial charge is 0.260 e. The number of rotatable bonds is 3. The van der Waals surface area contributed by atoms with E-state index in [1.54, 1.807) is 0 Å². The Morgan fingerprint density at radius 3 is 2.40 bits per heavy atom. The number of hydrogen-bond acceptors (Lipinski definition) is 1. The Morgan fingerprint density at radius 2 is 1.93 bits per heavy atom. The molecule has 15 heavy (non-hydrogen) atoms. The predicted octanol–water partition coefficient (Wildman–Crippen LogP) is 3.62. The first kappa shape index (κ1) is 12.0. The first-order valence-corrected chi connectivity index (χ1v) is 5.04. The van der Waals surface area contributed by atoms with Crippen molar-refractivity contribution in [2.75, 3.05) is 0 Å². The maximum absolute atomic E-state index is 12.4. The van der Waals surface area contributed by atoms with E-state index in [9.17, 15) is 13.2 Å². The summed E-state index contributed by atoms with van der Waals surface area (Å²) in [6, 6.07) is 1.22. The van der Waals surface area contributed by atoms with E-state index in [0.717, 1.165) is 23.9 Å². The fraction of sp³-hybridized carbons (Fsp3) is 0.545. The molecule has 1 rings (SSSR count). The van der Waals surface area contributed by atoms with Gasteiger partial charge in [0.1, 0.15) is 0 Å². The number of halogens is 3. The van der Waals surface area contributed by atoms with Crippen molar-refractivity contribution in [3.05, 3.63) is 29.1 Å². The molecular formula is C11H14F3N. The van der Waals surface area contributed by atoms with E-state index in [-0.39, 0.29) is 0 Å². The minimum atomic E-state index is -4.29. The number of aromatic nitrogens is 1. The van der Waals surface area contributed by atoms with Gasteiger partial charge in [-0.15, -0.1) is 0 Å². The third-order valence-corrected chi connectivity index (χ3v) is 2.24. The standard InChI is InChI=1S/C11H14F3N/c1-3-5-8-6-9(11(12,13)14)7-15-10(8)4-2/h6-7H,3-5H2,1-2H3. The number of nitrogens with zero attached hydrogens (tertiary/aromatic N) is 1. The third-order valence-electron chi connectivity index (χ3n) is 2.24. The molecule has 0 aliphatic rings. The summed E-state index contributed by atoms with van der Waals surface area (Å²) in [5.74, 6) is 0. The van der Waals surface area contributed by atoms with Gasteiger partial charge in [0, 0.05) is 11.9 Å². The summed E-state index contributed by atoms with van der Waals surface area (Å²) in [7, 11) is 0. The number of pyridine rings is 1. The van der Waals surface area contributed by atoms with Gasteiger partial charge in [-0.3, -0.25) is 4.98 Å². The Bertz CT molecular complexity index is 331. The molecule has 0 atom stereocenters. The quantitative estimate of drug-likeness (QED) is 0.753. The van der Waals surface area contributed by atoms with Crippen LogP contribution in [0, 0.1) is 0 Å². The number of alkyl halides is 3. The van der Waals surface area contributed by atoms with E-state index < -0.39 is 11.7 Å². The minimum absolute atomic E-state index is 0.650. The third kappa shape index (κ3) is 2.94. The summed E-state index contributed by atoms with van der Waals surface area (Å²) in [6.45, 7) is 3.84. The van der Waals surface area contributed by atoms with Gasteiger partial charge in [0.15, 0.2) is 0 Å². The Morgan fingerprint density at radius 1 is 1.27 bits per heavy atom. The van der Waals surface area contributed by atoms with Crippen LogP contribution in [0.3, 0.4) is 0 Å². The predicted molar refractivity (Wildman–Crippen MR) is 52.6 cm³/mol. The largest absolute Gasteiger partial charge is 0.417 e. The molecule has 84 valence electrons. The molecular weight excluding hydrogens is 203 g/mol. The van der Waals surface area contributed by atoms with Gasteiger partial charge in [0.2, 0.25) is 0 Å². The molecule has 0 fully saturated rings. The molecule has 0 aliphatic carbocycles. The van der Waals surface area contributed by atoms with Crippen LogP contribution in [0.15, 0.2) is 12.3 Å². The molecule has 0 aromatic carbocycles. The van der Waals surface area contributed by atoms with Crippen molar-refractivity contribution < 1.29 is 13.2 Å². The lowest BCUT2D eigenvalue weighted by Crippen LogP contribution is -2.08. The van der Waals surface area contributed by atoms with E-state index in [1.807, 2.05) is 13.8 Å². The molecule has 0 bridgehead atoms. The van der Waals surface area contributed by atoms with E-state index >= 15 is 0 Å². The lowest BCUT2D eigenvalue weighted by Gasteiger charge is -2.11. The summed E-state index contributed by atoms with van der Waals surface area (Å²) in [4.78, 5) is 3.86. The van der Waals surface area contributed by atoms with Crippen LogP contribution >= 0.6 is 0 Å². The zero-order valence-electron chi connectivity index (χ0n) is 8.86. The van der Waals surface area contributed by atoms with E-state index in [2.05, 4.69) is 4.98 Å². The maximum atomic E-state index is 12.4. The molecule has 1 aromatic heterocycles. The normalized spacial score (nSPS) is 11.8. The SMILES string of the molecule is CCCc1cc(C(F)(F)F)cnc1CC. The first-order valence-electron chi connectivity index (χ1n) is 5.04. The second kappa shape index (κ2) is 4.64. The minimum Gasteiger partial charge on any atom is -0.260 e. The molecule has 1 heterocycles. The fourth-order valence-corrected chi connectivity index (χ4v) is 1.50. The van der Waals surface area contributed by atoms with Crippen LogP contribution in [0.4, 0.5) is 13.2 Å². The van der Waals surface area contributed by atoms with Gasteiger partial charge in [0.25, 0.3) is 0 Å². The molecule has 0 radical (unpaired) electrons. The molecule has 4 heteroatoms. The van der Waals surface area contributed by atoms with Crippen LogP contribution in [0.2, 0.25) is 0 Å². The van der Waals surface area contributed by atoms with Crippen LogP contribution in [-0.2, 0) is 19.0 Å². The van der Waals surface area contributed by atoms with Gasteiger partial charge in [0.05, 0.1) is 5.56 Å². The molecule has 0 spiro atoms. The average molecular weight is 217 g/mol. The van der Waals surface area contributed by atoms with E-state index in [4.69, 9.17) is 0 Å². The molecule has 1 nitrogen and oxygen atoms in total. The highest BCUT2D eigenvalue weighted by atomic mass is 19.4. The Hall–Kier alpha value is -1.06. The van der Waals surface area contributed by atoms with E-state index in [0.29, 0.717) is 12.8 Å². The van der Waals surface area contributed by atoms with Gasteiger partial charge in [-0.2, -0.15) is 13.2 Å². The van der Waals surface area contributed by atoms with Crippen LogP contribution in [0.1, 0.15) is 37.1 Å². The monoisotopic (exact) mass is 217 g/mol. The van der Waals surface area contributed by atoms with Crippen molar-refractivity contribution in [3.8, 4) is 0 Å². The molecule has 0 N–H and O–H groups in total. The highest BCUT2D eigenvalue weighted by molar-refractivity contribution is 5.27. The summed E-state index contributed by atoms with van der Waals surface area (Å²) in [5, 5.41) is 0. The molecule has 1 aromatic rings. The van der Waals surface area contributed by atoms with Crippen LogP contribution < -0.4 is 0 Å². The topological polar surface area (TPSA) is 12.9 Å². The lowest BCUT2D eigenvalue weighted by molar-refractivity contribution is -0.137. The Kier molecular flexibility index (Phi) is 3.72. The van der Waals surface area contributed by atoms with Crippen molar-refractivity contribution in [1.29, 1.82) is 0 Å². The van der Waals surface area contributed by atoms with Crippen LogP contribution in [0.25, 0.3) is 0 Å². The van der Waals surface area contributed by atoms with Gasteiger partial charge in [-0.05, 0) is 24.5 Å². The van der Waals surface area contributed by atoms with Gasteiger partial charge in [-0.1, -0.05) is 20.3 Å². The first-order chi connectivity index (χ1) is 6.99. The van der Waals surface area contributed by atoms with Crippen molar-refractivity contribution >= 4 is 0 Å². The summed E-state index contributed by atoms with van der Waals surface area (Å²) in [6.07, 6.45) is -1.22. The van der Waals surface area contributed by atoms with Crippen LogP contribution in [-0.4, -0.2) is 4.98 Å². The van der Waals surface area contributed by atoms with Crippen molar-refractivity contribution in [2.45, 2.75) is 39.3 Å². The van der Waals surface area contributed by atoms with E-state index in [1.165, 1.54) is 6.07 Å². The maximum Gasteiger partial charge on any atom is 0.417 e. The Labute approximate surface area is 87.3 Å². The molecule has 0 unspecified atom stereocenters. The zero-order valence-corrected chi connectivity index (χ0v) is 8.86. The Balaban J connectivity index is 3.10. The van der Waals surface area contributed by atoms with Gasteiger partial charge in [-0.25, -0.2) is 0 Å². The lowest BCUT2D eigenvalue weighted by atomic mass is 10.0. The van der Waals surface area contributed by atoms with Crippen molar-refractivity contribution in [1.82, 2.24) is 4.98 Å². The second-order valence-corrected chi connectivity index (χ2v) is 3.43. The van der Waals surface area contributed by atoms with Crippen molar-refractivity contribution in [3.63, 3.8) is 0 Å². The average Bonchev–Trinajstić information content (AvgIpc) is 2.17. The van der Waals surface area contributed by atoms with Crippen LogP contribution in [0.5, 0.6) is 0 Å². The molecule has 0 amide bonds.